The molecule has 0 bridgehead atoms. The Morgan fingerprint density at radius 1 is 1.04 bits per heavy atom. The van der Waals surface area contributed by atoms with E-state index in [9.17, 15) is 0 Å². The molecule has 1 nitrogen and oxygen atoms in total. The van der Waals surface area contributed by atoms with Gasteiger partial charge in [-0.2, -0.15) is 0 Å². The summed E-state index contributed by atoms with van der Waals surface area (Å²) in [5.41, 5.74) is 9.40. The summed E-state index contributed by atoms with van der Waals surface area (Å²) in [6.07, 6.45) is 1.20. The highest BCUT2D eigenvalue weighted by atomic mass is 14.7. The van der Waals surface area contributed by atoms with Crippen LogP contribution in [0.4, 0.5) is 0 Å². The summed E-state index contributed by atoms with van der Waals surface area (Å²) in [6, 6.07) is 0.0512. The summed E-state index contributed by atoms with van der Waals surface area (Å²) in [6.45, 7) is 33.0. The molecule has 0 aromatic carbocycles. The molecular weight excluding hydrogens is 278 g/mol. The summed E-state index contributed by atoms with van der Waals surface area (Å²) in [5, 5.41) is 0. The van der Waals surface area contributed by atoms with Crippen LogP contribution in [0.2, 0.25) is 0 Å². The standard InChI is InChI=1S/C20H37N.C2H4/c1-12(2)16-15(14(4)18(21)20(8,9)10)11-13(3)17(16)19(5,6)7;1-2/h13,15-18H,1,4,11,21H2,2-3,5-10H3;1-2H2. The Kier molecular flexibility index (Phi) is 7.56. The van der Waals surface area contributed by atoms with Gasteiger partial charge in [0, 0.05) is 6.04 Å². The minimum absolute atomic E-state index is 0.0512. The lowest BCUT2D eigenvalue weighted by Gasteiger charge is -2.39. The lowest BCUT2D eigenvalue weighted by molar-refractivity contribution is 0.154. The van der Waals surface area contributed by atoms with Gasteiger partial charge in [0.25, 0.3) is 0 Å². The molecule has 23 heavy (non-hydrogen) atoms. The number of rotatable bonds is 3. The van der Waals surface area contributed by atoms with Crippen molar-refractivity contribution in [1.29, 1.82) is 0 Å². The molecule has 1 fully saturated rings. The van der Waals surface area contributed by atoms with E-state index < -0.39 is 0 Å². The van der Waals surface area contributed by atoms with Crippen molar-refractivity contribution in [1.82, 2.24) is 0 Å². The molecule has 1 rings (SSSR count). The van der Waals surface area contributed by atoms with Gasteiger partial charge in [0.2, 0.25) is 0 Å². The molecule has 1 aliphatic carbocycles. The molecule has 0 spiro atoms. The third-order valence-corrected chi connectivity index (χ3v) is 5.44. The van der Waals surface area contributed by atoms with Gasteiger partial charge >= 0.3 is 0 Å². The van der Waals surface area contributed by atoms with Crippen LogP contribution in [0.1, 0.15) is 61.8 Å². The summed E-state index contributed by atoms with van der Waals surface area (Å²) >= 11 is 0. The van der Waals surface area contributed by atoms with Crippen molar-refractivity contribution < 1.29 is 0 Å². The smallest absolute Gasteiger partial charge is 0.0303 e. The zero-order chi connectivity index (χ0) is 18.7. The molecule has 2 N–H and O–H groups in total. The van der Waals surface area contributed by atoms with Gasteiger partial charge in [-0.05, 0) is 47.8 Å². The molecule has 0 radical (unpaired) electrons. The first-order valence-corrected chi connectivity index (χ1v) is 8.88. The number of allylic oxidation sites excluding steroid dienone is 1. The summed E-state index contributed by atoms with van der Waals surface area (Å²) in [7, 11) is 0. The first kappa shape index (κ1) is 22.2. The van der Waals surface area contributed by atoms with E-state index in [0.29, 0.717) is 29.1 Å². The van der Waals surface area contributed by atoms with E-state index in [0.717, 1.165) is 0 Å². The average molecular weight is 320 g/mol. The molecule has 0 amide bonds. The van der Waals surface area contributed by atoms with Crippen molar-refractivity contribution in [3.05, 3.63) is 37.5 Å². The Hall–Kier alpha value is -0.820. The molecule has 5 unspecified atom stereocenters. The fourth-order valence-corrected chi connectivity index (χ4v) is 4.51. The predicted octanol–water partition coefficient (Wildman–Crippen LogP) is 6.23. The lowest BCUT2D eigenvalue weighted by atomic mass is 9.67. The zero-order valence-corrected chi connectivity index (χ0v) is 17.0. The Balaban J connectivity index is 0.00000232. The molecule has 0 aromatic rings. The second kappa shape index (κ2) is 7.83. The van der Waals surface area contributed by atoms with Crippen LogP contribution >= 0.6 is 0 Å². The first-order valence-electron chi connectivity index (χ1n) is 8.88. The SMILES string of the molecule is C=C.C=C(C)C1C(C(=C)C(N)C(C)(C)C)CC(C)C1C(C)(C)C. The van der Waals surface area contributed by atoms with Gasteiger partial charge in [-0.25, -0.2) is 0 Å². The monoisotopic (exact) mass is 319 g/mol. The number of hydrogen-bond donors (Lipinski definition) is 1. The van der Waals surface area contributed by atoms with E-state index >= 15 is 0 Å². The maximum absolute atomic E-state index is 6.51. The van der Waals surface area contributed by atoms with E-state index in [1.807, 2.05) is 0 Å². The van der Waals surface area contributed by atoms with Gasteiger partial charge in [-0.1, -0.05) is 72.8 Å². The third kappa shape index (κ3) is 5.08. The Morgan fingerprint density at radius 3 is 1.78 bits per heavy atom. The van der Waals surface area contributed by atoms with Crippen LogP contribution in [0.5, 0.6) is 0 Å². The normalized spacial score (nSPS) is 29.4. The van der Waals surface area contributed by atoms with E-state index in [4.69, 9.17) is 5.73 Å². The fourth-order valence-electron chi connectivity index (χ4n) is 4.51. The molecule has 0 saturated heterocycles. The zero-order valence-electron chi connectivity index (χ0n) is 17.0. The highest BCUT2D eigenvalue weighted by Crippen LogP contribution is 2.55. The summed E-state index contributed by atoms with van der Waals surface area (Å²) < 4.78 is 0. The van der Waals surface area contributed by atoms with Gasteiger partial charge in [0.15, 0.2) is 0 Å². The van der Waals surface area contributed by atoms with Crippen LogP contribution in [-0.2, 0) is 0 Å². The van der Waals surface area contributed by atoms with E-state index in [2.05, 4.69) is 81.7 Å². The van der Waals surface area contributed by atoms with Gasteiger partial charge in [0.1, 0.15) is 0 Å². The van der Waals surface area contributed by atoms with Crippen molar-refractivity contribution >= 4 is 0 Å². The Bertz CT molecular complexity index is 418. The van der Waals surface area contributed by atoms with Crippen LogP contribution < -0.4 is 5.73 Å². The summed E-state index contributed by atoms with van der Waals surface area (Å²) in [5.74, 6) is 2.35. The fraction of sp³-hybridized carbons (Fsp3) is 0.727. The quantitative estimate of drug-likeness (QED) is 0.613. The van der Waals surface area contributed by atoms with Crippen molar-refractivity contribution in [2.24, 2.45) is 40.2 Å². The molecule has 134 valence electrons. The van der Waals surface area contributed by atoms with Crippen LogP contribution in [0, 0.1) is 34.5 Å². The van der Waals surface area contributed by atoms with Crippen LogP contribution in [0.25, 0.3) is 0 Å². The molecule has 0 aromatic heterocycles. The van der Waals surface area contributed by atoms with Gasteiger partial charge in [0.05, 0.1) is 0 Å². The van der Waals surface area contributed by atoms with Crippen LogP contribution in [0.15, 0.2) is 37.5 Å². The highest BCUT2D eigenvalue weighted by Gasteiger charge is 2.48. The topological polar surface area (TPSA) is 26.0 Å². The van der Waals surface area contributed by atoms with Crippen molar-refractivity contribution in [2.45, 2.75) is 67.9 Å². The number of hydrogen-bond acceptors (Lipinski definition) is 1. The molecule has 5 atom stereocenters. The average Bonchev–Trinajstić information content (AvgIpc) is 2.76. The maximum Gasteiger partial charge on any atom is 0.0303 e. The Morgan fingerprint density at radius 2 is 1.48 bits per heavy atom. The predicted molar refractivity (Wildman–Crippen MR) is 106 cm³/mol. The second-order valence-corrected chi connectivity index (χ2v) is 9.50. The molecule has 1 heteroatoms. The lowest BCUT2D eigenvalue weighted by Crippen LogP contribution is -2.40. The molecule has 1 saturated carbocycles. The van der Waals surface area contributed by atoms with Gasteiger partial charge in [-0.15, -0.1) is 13.2 Å². The van der Waals surface area contributed by atoms with Crippen molar-refractivity contribution in [3.63, 3.8) is 0 Å². The van der Waals surface area contributed by atoms with Gasteiger partial charge < -0.3 is 5.73 Å². The van der Waals surface area contributed by atoms with Crippen LogP contribution in [-0.4, -0.2) is 6.04 Å². The Labute approximate surface area is 146 Å². The maximum atomic E-state index is 6.51. The van der Waals surface area contributed by atoms with Crippen LogP contribution in [0.3, 0.4) is 0 Å². The highest BCUT2D eigenvalue weighted by molar-refractivity contribution is 5.22. The molecular formula is C22H41N. The van der Waals surface area contributed by atoms with Crippen molar-refractivity contribution in [3.8, 4) is 0 Å². The van der Waals surface area contributed by atoms with E-state index in [-0.39, 0.29) is 11.5 Å². The molecule has 1 aliphatic rings. The van der Waals surface area contributed by atoms with Crippen molar-refractivity contribution in [2.75, 3.05) is 0 Å². The summed E-state index contributed by atoms with van der Waals surface area (Å²) in [4.78, 5) is 0. The number of nitrogens with two attached hydrogens (primary N) is 1. The minimum Gasteiger partial charge on any atom is -0.324 e. The second-order valence-electron chi connectivity index (χ2n) is 9.50. The first-order chi connectivity index (χ1) is 10.3. The van der Waals surface area contributed by atoms with E-state index in [1.165, 1.54) is 17.6 Å². The minimum atomic E-state index is 0.0512. The molecule has 0 heterocycles. The van der Waals surface area contributed by atoms with E-state index in [1.54, 1.807) is 0 Å². The molecule has 0 aliphatic heterocycles. The third-order valence-electron chi connectivity index (χ3n) is 5.44. The largest absolute Gasteiger partial charge is 0.324 e. The van der Waals surface area contributed by atoms with Gasteiger partial charge in [-0.3, -0.25) is 0 Å².